The van der Waals surface area contributed by atoms with E-state index in [9.17, 15) is 24.6 Å². The van der Waals surface area contributed by atoms with Crippen LogP contribution in [0, 0.1) is 5.92 Å². The number of nitrogens with zero attached hydrogens (tertiary/aromatic N) is 1. The van der Waals surface area contributed by atoms with E-state index >= 15 is 0 Å². The molecule has 1 rings (SSSR count). The number of amides is 2. The third-order valence-corrected chi connectivity index (χ3v) is 4.00. The Labute approximate surface area is 170 Å². The fraction of sp³-hybridized carbons (Fsp3) is 0.550. The van der Waals surface area contributed by atoms with E-state index < -0.39 is 30.1 Å². The number of carboxylic acid groups (broad SMARTS) is 1. The van der Waals surface area contributed by atoms with Gasteiger partial charge in [0.1, 0.15) is 5.75 Å². The molecule has 0 heterocycles. The summed E-state index contributed by atoms with van der Waals surface area (Å²) in [6.07, 6.45) is -1.83. The number of aliphatic carboxylic acids is 1. The van der Waals surface area contributed by atoms with Gasteiger partial charge in [-0.25, -0.2) is 9.59 Å². The largest absolute Gasteiger partial charge is 0.497 e. The number of methoxy groups -OCH3 is 1. The maximum atomic E-state index is 12.8. The number of ether oxygens (including phenoxy) is 2. The molecule has 0 saturated carbocycles. The quantitative estimate of drug-likeness (QED) is 0.475. The lowest BCUT2D eigenvalue weighted by atomic mass is 10.0. The molecule has 2 amide bonds. The van der Waals surface area contributed by atoms with Gasteiger partial charge in [-0.2, -0.15) is 0 Å². The van der Waals surface area contributed by atoms with Crippen LogP contribution in [-0.2, 0) is 14.3 Å². The second-order valence-electron chi connectivity index (χ2n) is 6.94. The zero-order valence-corrected chi connectivity index (χ0v) is 17.3. The second-order valence-corrected chi connectivity index (χ2v) is 6.94. The summed E-state index contributed by atoms with van der Waals surface area (Å²) in [5, 5.41) is 22.0. The summed E-state index contributed by atoms with van der Waals surface area (Å²) in [5.74, 6) is -1.31. The highest BCUT2D eigenvalue weighted by Crippen LogP contribution is 2.22. The number of carbonyl (C=O) groups excluding carboxylic acids is 2. The van der Waals surface area contributed by atoms with Crippen LogP contribution >= 0.6 is 0 Å². The monoisotopic (exact) mass is 410 g/mol. The van der Waals surface area contributed by atoms with Crippen LogP contribution in [0.5, 0.6) is 5.75 Å². The van der Waals surface area contributed by atoms with E-state index in [1.54, 1.807) is 31.2 Å². The lowest BCUT2D eigenvalue weighted by molar-refractivity contribution is -0.153. The van der Waals surface area contributed by atoms with Crippen LogP contribution in [0.1, 0.15) is 38.8 Å². The van der Waals surface area contributed by atoms with E-state index in [2.05, 4.69) is 5.32 Å². The molecule has 2 atom stereocenters. The lowest BCUT2D eigenvalue weighted by Gasteiger charge is -2.29. The number of nitrogens with one attached hydrogen (secondary N) is 1. The number of urea groups is 1. The maximum absolute atomic E-state index is 12.8. The zero-order chi connectivity index (χ0) is 22.0. The van der Waals surface area contributed by atoms with Gasteiger partial charge in [-0.15, -0.1) is 0 Å². The Morgan fingerprint density at radius 2 is 1.90 bits per heavy atom. The smallest absolute Gasteiger partial charge is 0.336 e. The Hall–Kier alpha value is -2.81. The van der Waals surface area contributed by atoms with Crippen LogP contribution in [-0.4, -0.2) is 66.0 Å². The molecule has 0 bridgehead atoms. The fourth-order valence-corrected chi connectivity index (χ4v) is 2.73. The summed E-state index contributed by atoms with van der Waals surface area (Å²) in [6.45, 7) is 5.50. The first-order valence-corrected chi connectivity index (χ1v) is 9.43. The summed E-state index contributed by atoms with van der Waals surface area (Å²) in [7, 11) is 1.49. The summed E-state index contributed by atoms with van der Waals surface area (Å²) in [4.78, 5) is 37.2. The van der Waals surface area contributed by atoms with E-state index in [0.29, 0.717) is 11.3 Å². The van der Waals surface area contributed by atoms with E-state index in [1.807, 2.05) is 13.8 Å². The summed E-state index contributed by atoms with van der Waals surface area (Å²) < 4.78 is 9.94. The summed E-state index contributed by atoms with van der Waals surface area (Å²) in [6, 6.07) is 5.35. The molecular weight excluding hydrogens is 380 g/mol. The fourth-order valence-electron chi connectivity index (χ4n) is 2.73. The van der Waals surface area contributed by atoms with Gasteiger partial charge < -0.3 is 29.9 Å². The highest BCUT2D eigenvalue weighted by molar-refractivity contribution is 5.79. The van der Waals surface area contributed by atoms with Gasteiger partial charge in [-0.05, 0) is 30.5 Å². The standard InChI is InChI=1S/C20H30N2O7/c1-5-29-19(26)17(23)12-22(11-13(2)3)20(27)21-16(10-18(24)25)14-7-6-8-15(9-14)28-4/h6-9,13,16-17,23H,5,10-12H2,1-4H3,(H,21,27)(H,24,25). The molecule has 1 aromatic rings. The van der Waals surface area contributed by atoms with Gasteiger partial charge in [0.15, 0.2) is 6.10 Å². The van der Waals surface area contributed by atoms with Crippen molar-refractivity contribution in [1.82, 2.24) is 10.2 Å². The Balaban J connectivity index is 3.01. The molecule has 0 aliphatic carbocycles. The first-order chi connectivity index (χ1) is 13.7. The van der Waals surface area contributed by atoms with Crippen molar-refractivity contribution < 1.29 is 34.1 Å². The SMILES string of the molecule is CCOC(=O)C(O)CN(CC(C)C)C(=O)NC(CC(=O)O)c1cccc(OC)c1. The van der Waals surface area contributed by atoms with Crippen molar-refractivity contribution in [2.45, 2.75) is 39.3 Å². The van der Waals surface area contributed by atoms with E-state index in [1.165, 1.54) is 12.0 Å². The molecular formula is C20H30N2O7. The van der Waals surface area contributed by atoms with Crippen LogP contribution in [0.25, 0.3) is 0 Å². The normalized spacial score (nSPS) is 12.8. The molecule has 9 heteroatoms. The third kappa shape index (κ3) is 8.39. The van der Waals surface area contributed by atoms with E-state index in [0.717, 1.165) is 0 Å². The van der Waals surface area contributed by atoms with Crippen molar-refractivity contribution in [1.29, 1.82) is 0 Å². The Morgan fingerprint density at radius 1 is 1.21 bits per heavy atom. The average Bonchev–Trinajstić information content (AvgIpc) is 2.66. The number of aliphatic hydroxyl groups excluding tert-OH is 1. The molecule has 0 saturated heterocycles. The predicted octanol–water partition coefficient (Wildman–Crippen LogP) is 1.80. The van der Waals surface area contributed by atoms with Crippen molar-refractivity contribution in [3.63, 3.8) is 0 Å². The minimum Gasteiger partial charge on any atom is -0.497 e. The highest BCUT2D eigenvalue weighted by Gasteiger charge is 2.27. The predicted molar refractivity (Wildman–Crippen MR) is 106 cm³/mol. The number of hydrogen-bond donors (Lipinski definition) is 3. The number of carbonyl (C=O) groups is 3. The molecule has 0 aliphatic heterocycles. The topological polar surface area (TPSA) is 125 Å². The molecule has 9 nitrogen and oxygen atoms in total. The average molecular weight is 410 g/mol. The van der Waals surface area contributed by atoms with Crippen LogP contribution < -0.4 is 10.1 Å². The van der Waals surface area contributed by atoms with Crippen LogP contribution in [0.2, 0.25) is 0 Å². The molecule has 162 valence electrons. The number of aliphatic hydroxyl groups is 1. The van der Waals surface area contributed by atoms with Crippen molar-refractivity contribution >= 4 is 18.0 Å². The van der Waals surface area contributed by atoms with E-state index in [-0.39, 0.29) is 32.0 Å². The van der Waals surface area contributed by atoms with Crippen molar-refractivity contribution in [3.8, 4) is 5.75 Å². The van der Waals surface area contributed by atoms with Gasteiger partial charge in [0.05, 0.1) is 32.7 Å². The van der Waals surface area contributed by atoms with Crippen LogP contribution in [0.3, 0.4) is 0 Å². The zero-order valence-electron chi connectivity index (χ0n) is 17.3. The molecule has 0 radical (unpaired) electrons. The molecule has 0 fully saturated rings. The first-order valence-electron chi connectivity index (χ1n) is 9.43. The van der Waals surface area contributed by atoms with Gasteiger partial charge in [-0.1, -0.05) is 26.0 Å². The van der Waals surface area contributed by atoms with E-state index in [4.69, 9.17) is 9.47 Å². The lowest BCUT2D eigenvalue weighted by Crippen LogP contribution is -2.48. The van der Waals surface area contributed by atoms with Crippen LogP contribution in [0.15, 0.2) is 24.3 Å². The van der Waals surface area contributed by atoms with Crippen molar-refractivity contribution in [2.75, 3.05) is 26.8 Å². The number of esters is 1. The number of benzene rings is 1. The first kappa shape index (κ1) is 24.2. The van der Waals surface area contributed by atoms with Gasteiger partial charge in [0.2, 0.25) is 0 Å². The number of carboxylic acids is 1. The minimum absolute atomic E-state index is 0.0601. The summed E-state index contributed by atoms with van der Waals surface area (Å²) in [5.41, 5.74) is 0.565. The van der Waals surface area contributed by atoms with Crippen molar-refractivity contribution in [3.05, 3.63) is 29.8 Å². The van der Waals surface area contributed by atoms with Gasteiger partial charge >= 0.3 is 18.0 Å². The molecule has 0 spiro atoms. The molecule has 0 aromatic heterocycles. The van der Waals surface area contributed by atoms with Crippen molar-refractivity contribution in [2.24, 2.45) is 5.92 Å². The molecule has 3 N–H and O–H groups in total. The van der Waals surface area contributed by atoms with Crippen LogP contribution in [0.4, 0.5) is 4.79 Å². The van der Waals surface area contributed by atoms with Gasteiger partial charge in [0, 0.05) is 6.54 Å². The van der Waals surface area contributed by atoms with Gasteiger partial charge in [0.25, 0.3) is 0 Å². The number of rotatable bonds is 11. The Kier molecular flexibility index (Phi) is 9.94. The highest BCUT2D eigenvalue weighted by atomic mass is 16.5. The maximum Gasteiger partial charge on any atom is 0.336 e. The second kappa shape index (κ2) is 11.9. The molecule has 0 aliphatic rings. The molecule has 1 aromatic carbocycles. The van der Waals surface area contributed by atoms with Gasteiger partial charge in [-0.3, -0.25) is 4.79 Å². The molecule has 2 unspecified atom stereocenters. The third-order valence-electron chi connectivity index (χ3n) is 4.00. The minimum atomic E-state index is -1.49. The number of hydrogen-bond acceptors (Lipinski definition) is 6. The summed E-state index contributed by atoms with van der Waals surface area (Å²) >= 11 is 0. The Morgan fingerprint density at radius 3 is 2.45 bits per heavy atom. The Bertz CT molecular complexity index is 693. The molecule has 29 heavy (non-hydrogen) atoms.